The zero-order valence-electron chi connectivity index (χ0n) is 10.7. The second-order valence-electron chi connectivity index (χ2n) is 4.38. The van der Waals surface area contributed by atoms with Crippen LogP contribution >= 0.6 is 11.6 Å². The van der Waals surface area contributed by atoms with Gasteiger partial charge in [-0.2, -0.15) is 0 Å². The van der Waals surface area contributed by atoms with Gasteiger partial charge in [-0.05, 0) is 17.2 Å². The molecule has 2 rings (SSSR count). The first-order valence-electron chi connectivity index (χ1n) is 6.03. The van der Waals surface area contributed by atoms with E-state index in [2.05, 4.69) is 0 Å². The van der Waals surface area contributed by atoms with Crippen molar-refractivity contribution in [3.05, 3.63) is 59.1 Å². The number of halogens is 1. The van der Waals surface area contributed by atoms with Crippen molar-refractivity contribution in [2.75, 3.05) is 5.75 Å². The zero-order chi connectivity index (χ0) is 14.5. The fourth-order valence-corrected chi connectivity index (χ4v) is 3.14. The SMILES string of the molecule is NC(=O)C[S@](=O)Cc1cccc(-c2ccccc2Cl)c1. The van der Waals surface area contributed by atoms with E-state index in [0.29, 0.717) is 10.8 Å². The Morgan fingerprint density at radius 3 is 2.60 bits per heavy atom. The van der Waals surface area contributed by atoms with Crippen molar-refractivity contribution in [1.29, 1.82) is 0 Å². The molecule has 1 amide bonds. The minimum Gasteiger partial charge on any atom is -0.369 e. The minimum absolute atomic E-state index is 0.115. The molecule has 0 unspecified atom stereocenters. The standard InChI is InChI=1S/C15H14ClNO2S/c16-14-7-2-1-6-13(14)12-5-3-4-11(8-12)9-20(19)10-15(17)18/h1-8H,9-10H2,(H2,17,18)/t20-/m1/s1. The summed E-state index contributed by atoms with van der Waals surface area (Å²) in [6.45, 7) is 0. The van der Waals surface area contributed by atoms with E-state index in [1.807, 2.05) is 48.5 Å². The van der Waals surface area contributed by atoms with E-state index in [0.717, 1.165) is 16.7 Å². The summed E-state index contributed by atoms with van der Waals surface area (Å²) >= 11 is 6.16. The summed E-state index contributed by atoms with van der Waals surface area (Å²) in [6.07, 6.45) is 0. The highest BCUT2D eigenvalue weighted by molar-refractivity contribution is 7.84. The van der Waals surface area contributed by atoms with E-state index >= 15 is 0 Å². The third kappa shape index (κ3) is 3.92. The van der Waals surface area contributed by atoms with Gasteiger partial charge < -0.3 is 5.73 Å². The average Bonchev–Trinajstić information content (AvgIpc) is 2.38. The molecule has 0 saturated carbocycles. The van der Waals surface area contributed by atoms with E-state index in [9.17, 15) is 9.00 Å². The molecule has 2 N–H and O–H groups in total. The lowest BCUT2D eigenvalue weighted by atomic mass is 10.0. The number of carbonyl (C=O) groups excluding carboxylic acids is 1. The van der Waals surface area contributed by atoms with Gasteiger partial charge in [0, 0.05) is 27.1 Å². The van der Waals surface area contributed by atoms with Crippen LogP contribution in [-0.4, -0.2) is 15.9 Å². The Morgan fingerprint density at radius 1 is 1.15 bits per heavy atom. The van der Waals surface area contributed by atoms with Crippen molar-refractivity contribution >= 4 is 28.3 Å². The number of carbonyl (C=O) groups is 1. The van der Waals surface area contributed by atoms with E-state index in [1.165, 1.54) is 0 Å². The number of primary amides is 1. The van der Waals surface area contributed by atoms with E-state index in [4.69, 9.17) is 17.3 Å². The van der Waals surface area contributed by atoms with Crippen LogP contribution in [0.2, 0.25) is 5.02 Å². The molecule has 5 heteroatoms. The highest BCUT2D eigenvalue weighted by Crippen LogP contribution is 2.28. The fourth-order valence-electron chi connectivity index (χ4n) is 1.92. The van der Waals surface area contributed by atoms with Crippen LogP contribution in [0.4, 0.5) is 0 Å². The van der Waals surface area contributed by atoms with E-state index in [1.54, 1.807) is 0 Å². The van der Waals surface area contributed by atoms with Crippen LogP contribution in [0.3, 0.4) is 0 Å². The van der Waals surface area contributed by atoms with E-state index < -0.39 is 16.7 Å². The molecule has 104 valence electrons. The molecule has 0 heterocycles. The zero-order valence-corrected chi connectivity index (χ0v) is 12.3. The van der Waals surface area contributed by atoms with Crippen LogP contribution in [0.5, 0.6) is 0 Å². The normalized spacial score (nSPS) is 12.1. The summed E-state index contributed by atoms with van der Waals surface area (Å²) < 4.78 is 11.7. The van der Waals surface area contributed by atoms with Gasteiger partial charge >= 0.3 is 0 Å². The fraction of sp³-hybridized carbons (Fsp3) is 0.133. The number of hydrogen-bond donors (Lipinski definition) is 1. The Morgan fingerprint density at radius 2 is 1.90 bits per heavy atom. The summed E-state index contributed by atoms with van der Waals surface area (Å²) in [5.74, 6) is -0.358. The van der Waals surface area contributed by atoms with Crippen molar-refractivity contribution in [3.8, 4) is 11.1 Å². The number of benzene rings is 2. The van der Waals surface area contributed by atoms with Crippen molar-refractivity contribution in [1.82, 2.24) is 0 Å². The molecule has 1 atom stereocenters. The third-order valence-corrected chi connectivity index (χ3v) is 4.33. The Kier molecular flexibility index (Phi) is 4.93. The Bertz CT molecular complexity index is 658. The van der Waals surface area contributed by atoms with Gasteiger partial charge in [0.2, 0.25) is 5.91 Å². The second-order valence-corrected chi connectivity index (χ2v) is 6.24. The number of amides is 1. The molecule has 0 radical (unpaired) electrons. The first-order valence-corrected chi connectivity index (χ1v) is 7.90. The Hall–Kier alpha value is -1.65. The predicted molar refractivity (Wildman–Crippen MR) is 82.8 cm³/mol. The number of rotatable bonds is 5. The van der Waals surface area contributed by atoms with Crippen molar-refractivity contribution < 1.29 is 9.00 Å². The maximum absolute atomic E-state index is 11.7. The summed E-state index contributed by atoms with van der Waals surface area (Å²) in [4.78, 5) is 10.7. The van der Waals surface area contributed by atoms with Gasteiger partial charge in [-0.25, -0.2) is 0 Å². The van der Waals surface area contributed by atoms with Gasteiger partial charge in [0.05, 0.1) is 0 Å². The largest absolute Gasteiger partial charge is 0.369 e. The van der Waals surface area contributed by atoms with Crippen molar-refractivity contribution in [3.63, 3.8) is 0 Å². The number of nitrogens with two attached hydrogens (primary N) is 1. The molecular weight excluding hydrogens is 294 g/mol. The maximum Gasteiger partial charge on any atom is 0.230 e. The molecule has 0 aliphatic rings. The van der Waals surface area contributed by atoms with Crippen LogP contribution in [0.15, 0.2) is 48.5 Å². The first kappa shape index (κ1) is 14.8. The molecule has 0 saturated heterocycles. The smallest absolute Gasteiger partial charge is 0.230 e. The Balaban J connectivity index is 2.23. The van der Waals surface area contributed by atoms with Crippen molar-refractivity contribution in [2.45, 2.75) is 5.75 Å². The molecule has 0 bridgehead atoms. The quantitative estimate of drug-likeness (QED) is 0.923. The molecule has 3 nitrogen and oxygen atoms in total. The predicted octanol–water partition coefficient (Wildman–Crippen LogP) is 2.74. The summed E-state index contributed by atoms with van der Waals surface area (Å²) in [6, 6.07) is 15.2. The van der Waals surface area contributed by atoms with Gasteiger partial charge in [-0.15, -0.1) is 0 Å². The summed E-state index contributed by atoms with van der Waals surface area (Å²) in [5, 5.41) is 0.669. The first-order chi connectivity index (χ1) is 9.56. The average molecular weight is 308 g/mol. The molecule has 20 heavy (non-hydrogen) atoms. The Labute approximate surface area is 125 Å². The third-order valence-electron chi connectivity index (χ3n) is 2.74. The van der Waals surface area contributed by atoms with Gasteiger partial charge in [-0.3, -0.25) is 9.00 Å². The van der Waals surface area contributed by atoms with Crippen molar-refractivity contribution in [2.24, 2.45) is 5.73 Å². The molecular formula is C15H14ClNO2S. The summed E-state index contributed by atoms with van der Waals surface area (Å²) in [7, 11) is -1.28. The van der Waals surface area contributed by atoms with Crippen LogP contribution in [0.25, 0.3) is 11.1 Å². The summed E-state index contributed by atoms with van der Waals surface area (Å²) in [5.41, 5.74) is 7.82. The van der Waals surface area contributed by atoms with Gasteiger partial charge in [0.25, 0.3) is 0 Å². The number of hydrogen-bond acceptors (Lipinski definition) is 2. The molecule has 0 aliphatic heterocycles. The lowest BCUT2D eigenvalue weighted by Gasteiger charge is -2.07. The topological polar surface area (TPSA) is 60.2 Å². The monoisotopic (exact) mass is 307 g/mol. The molecule has 0 aliphatic carbocycles. The van der Waals surface area contributed by atoms with Crippen LogP contribution in [-0.2, 0) is 21.3 Å². The minimum atomic E-state index is -1.28. The molecule has 0 spiro atoms. The maximum atomic E-state index is 11.7. The second kappa shape index (κ2) is 6.68. The molecule has 0 fully saturated rings. The molecule has 2 aromatic carbocycles. The van der Waals surface area contributed by atoms with Gasteiger partial charge in [0.1, 0.15) is 5.75 Å². The van der Waals surface area contributed by atoms with Gasteiger partial charge in [0.15, 0.2) is 0 Å². The van der Waals surface area contributed by atoms with Crippen LogP contribution in [0.1, 0.15) is 5.56 Å². The lowest BCUT2D eigenvalue weighted by Crippen LogP contribution is -2.20. The van der Waals surface area contributed by atoms with Crippen LogP contribution in [0, 0.1) is 0 Å². The lowest BCUT2D eigenvalue weighted by molar-refractivity contribution is -0.115. The van der Waals surface area contributed by atoms with Crippen LogP contribution < -0.4 is 5.73 Å². The van der Waals surface area contributed by atoms with E-state index in [-0.39, 0.29) is 5.75 Å². The molecule has 0 aromatic heterocycles. The highest BCUT2D eigenvalue weighted by Gasteiger charge is 2.08. The highest BCUT2D eigenvalue weighted by atomic mass is 35.5. The molecule has 2 aromatic rings. The van der Waals surface area contributed by atoms with Gasteiger partial charge in [-0.1, -0.05) is 54.1 Å².